The Labute approximate surface area is 113 Å². The van der Waals surface area contributed by atoms with E-state index in [2.05, 4.69) is 4.74 Å². The normalized spacial score (nSPS) is 13.8. The molecule has 0 bridgehead atoms. The van der Waals surface area contributed by atoms with Gasteiger partial charge in [-0.25, -0.2) is 0 Å². The molecule has 0 amide bonds. The third kappa shape index (κ3) is 2.57. The molecule has 1 aromatic carbocycles. The van der Waals surface area contributed by atoms with Gasteiger partial charge in [0.15, 0.2) is 0 Å². The minimum absolute atomic E-state index is 0.245. The van der Waals surface area contributed by atoms with Crippen LogP contribution >= 0.6 is 0 Å². The lowest BCUT2D eigenvalue weighted by atomic mass is 9.69. The van der Waals surface area contributed by atoms with E-state index in [1.54, 1.807) is 0 Å². The number of esters is 1. The monoisotopic (exact) mass is 257 g/mol. The molecule has 9 heteroatoms. The van der Waals surface area contributed by atoms with E-state index in [1.165, 1.54) is 0 Å². The number of aromatic hydroxyl groups is 2. The minimum atomic E-state index is -1.65. The average molecular weight is 257 g/mol. The largest absolute Gasteiger partial charge is 0.505 e. The molecule has 6 radical (unpaired) electrons. The Balaban J connectivity index is 3.39. The van der Waals surface area contributed by atoms with E-state index >= 15 is 0 Å². The standard InChI is InChI=1S/C10H10B3NO5/c1-19-10(18)6(14)7(15)2-3(11)5(13)9(17)8(16)4(2)12/h6-7,15-17H,14H2,1H3/t6-,7-/m0/s1. The number of phenols is 2. The van der Waals surface area contributed by atoms with Gasteiger partial charge in [-0.1, -0.05) is 10.9 Å². The summed E-state index contributed by atoms with van der Waals surface area (Å²) < 4.78 is 4.37. The Morgan fingerprint density at radius 1 is 1.16 bits per heavy atom. The lowest BCUT2D eigenvalue weighted by molar-refractivity contribution is -0.145. The fraction of sp³-hybridized carbons (Fsp3) is 0.300. The number of rotatable bonds is 3. The molecule has 0 aliphatic rings. The topological polar surface area (TPSA) is 113 Å². The summed E-state index contributed by atoms with van der Waals surface area (Å²) in [6.07, 6.45) is -1.65. The predicted octanol–water partition coefficient (Wildman–Crippen LogP) is -3.99. The molecule has 94 valence electrons. The first kappa shape index (κ1) is 15.5. The van der Waals surface area contributed by atoms with Crippen molar-refractivity contribution in [1.29, 1.82) is 0 Å². The molecule has 0 unspecified atom stereocenters. The highest BCUT2D eigenvalue weighted by molar-refractivity contribution is 6.53. The van der Waals surface area contributed by atoms with Crippen LogP contribution in [-0.2, 0) is 9.53 Å². The highest BCUT2D eigenvalue weighted by Gasteiger charge is 2.29. The van der Waals surface area contributed by atoms with E-state index in [0.717, 1.165) is 7.11 Å². The Morgan fingerprint density at radius 3 is 2.11 bits per heavy atom. The fourth-order valence-electron chi connectivity index (χ4n) is 1.56. The van der Waals surface area contributed by atoms with Gasteiger partial charge < -0.3 is 25.8 Å². The number of carbonyl (C=O) groups is 1. The molecular weight excluding hydrogens is 247 g/mol. The van der Waals surface area contributed by atoms with Gasteiger partial charge in [-0.15, -0.1) is 0 Å². The van der Waals surface area contributed by atoms with Crippen molar-refractivity contribution in [2.45, 2.75) is 12.1 Å². The van der Waals surface area contributed by atoms with Crippen molar-refractivity contribution in [1.82, 2.24) is 0 Å². The SMILES string of the molecule is [B]c1c([B])c([C@H](O)[C@H](N)C(=O)OC)c([B])c(O)c1O. The summed E-state index contributed by atoms with van der Waals surface area (Å²) in [7, 11) is 17.6. The molecule has 0 aliphatic heterocycles. The quantitative estimate of drug-likeness (QED) is 0.249. The number of aliphatic hydroxyl groups is 1. The zero-order valence-corrected chi connectivity index (χ0v) is 10.1. The van der Waals surface area contributed by atoms with Crippen LogP contribution < -0.4 is 22.1 Å². The van der Waals surface area contributed by atoms with E-state index in [0.29, 0.717) is 0 Å². The van der Waals surface area contributed by atoms with Crippen LogP contribution in [0.1, 0.15) is 11.7 Å². The van der Waals surface area contributed by atoms with Crippen LogP contribution in [0, 0.1) is 0 Å². The second-order valence-corrected chi connectivity index (χ2v) is 3.85. The minimum Gasteiger partial charge on any atom is -0.505 e. The summed E-state index contributed by atoms with van der Waals surface area (Å²) in [5.74, 6) is -2.37. The molecule has 0 aliphatic carbocycles. The number of nitrogens with two attached hydrogens (primary N) is 1. The van der Waals surface area contributed by atoms with Gasteiger partial charge in [-0.05, 0) is 11.0 Å². The number of methoxy groups -OCH3 is 1. The molecular formula is C10H10B3NO5. The molecule has 0 saturated carbocycles. The number of phenolic OH excluding ortho intramolecular Hbond substituents is 2. The maximum absolute atomic E-state index is 11.3. The summed E-state index contributed by atoms with van der Waals surface area (Å²) in [5.41, 5.74) is 4.14. The van der Waals surface area contributed by atoms with E-state index < -0.39 is 35.1 Å². The van der Waals surface area contributed by atoms with Gasteiger partial charge in [-0.2, -0.15) is 0 Å². The van der Waals surface area contributed by atoms with Crippen molar-refractivity contribution < 1.29 is 24.9 Å². The summed E-state index contributed by atoms with van der Waals surface area (Å²) in [5, 5.41) is 28.9. The van der Waals surface area contributed by atoms with Crippen LogP contribution in [0.2, 0.25) is 0 Å². The molecule has 1 aromatic rings. The van der Waals surface area contributed by atoms with Crippen molar-refractivity contribution >= 4 is 45.9 Å². The fourth-order valence-corrected chi connectivity index (χ4v) is 1.56. The van der Waals surface area contributed by atoms with Crippen molar-refractivity contribution in [3.05, 3.63) is 5.56 Å². The van der Waals surface area contributed by atoms with Crippen molar-refractivity contribution in [2.24, 2.45) is 5.73 Å². The lowest BCUT2D eigenvalue weighted by Gasteiger charge is -2.24. The van der Waals surface area contributed by atoms with Crippen LogP contribution in [0.3, 0.4) is 0 Å². The smallest absolute Gasteiger partial charge is 0.325 e. The molecule has 0 saturated heterocycles. The van der Waals surface area contributed by atoms with E-state index in [9.17, 15) is 20.1 Å². The Hall–Kier alpha value is -1.60. The highest BCUT2D eigenvalue weighted by atomic mass is 16.5. The zero-order chi connectivity index (χ0) is 14.9. The molecule has 2 atom stereocenters. The second-order valence-electron chi connectivity index (χ2n) is 3.85. The van der Waals surface area contributed by atoms with Crippen molar-refractivity contribution in [2.75, 3.05) is 7.11 Å². The molecule has 5 N–H and O–H groups in total. The first-order valence-corrected chi connectivity index (χ1v) is 5.13. The molecule has 1 rings (SSSR count). The molecule has 0 heterocycles. The number of benzene rings is 1. The molecule has 6 nitrogen and oxygen atoms in total. The zero-order valence-electron chi connectivity index (χ0n) is 10.1. The third-order valence-electron chi connectivity index (χ3n) is 2.71. The molecule has 0 aromatic heterocycles. The van der Waals surface area contributed by atoms with Crippen molar-refractivity contribution in [3.63, 3.8) is 0 Å². The van der Waals surface area contributed by atoms with Crippen LogP contribution in [0.15, 0.2) is 0 Å². The van der Waals surface area contributed by atoms with Gasteiger partial charge in [0.25, 0.3) is 0 Å². The van der Waals surface area contributed by atoms with E-state index in [-0.39, 0.29) is 16.5 Å². The van der Waals surface area contributed by atoms with E-state index in [1.807, 2.05) is 0 Å². The maximum Gasteiger partial charge on any atom is 0.325 e. The first-order valence-electron chi connectivity index (χ1n) is 5.13. The van der Waals surface area contributed by atoms with Crippen LogP contribution in [0.25, 0.3) is 0 Å². The Kier molecular flexibility index (Phi) is 4.54. The van der Waals surface area contributed by atoms with Crippen LogP contribution in [0.4, 0.5) is 0 Å². The molecule has 0 spiro atoms. The summed E-state index contributed by atoms with van der Waals surface area (Å²) in [4.78, 5) is 11.3. The number of ether oxygens (including phenoxy) is 1. The molecule has 19 heavy (non-hydrogen) atoms. The lowest BCUT2D eigenvalue weighted by Crippen LogP contribution is -2.45. The number of aliphatic hydroxyl groups excluding tert-OH is 1. The van der Waals surface area contributed by atoms with Crippen LogP contribution in [-0.4, -0.2) is 58.0 Å². The second kappa shape index (κ2) is 5.58. The maximum atomic E-state index is 11.3. The first-order chi connectivity index (χ1) is 8.73. The van der Waals surface area contributed by atoms with Gasteiger partial charge >= 0.3 is 5.97 Å². The third-order valence-corrected chi connectivity index (χ3v) is 2.71. The number of hydrogen-bond donors (Lipinski definition) is 4. The van der Waals surface area contributed by atoms with Crippen molar-refractivity contribution in [3.8, 4) is 11.5 Å². The summed E-state index contributed by atoms with van der Waals surface area (Å²) in [6.45, 7) is 0. The number of hydrogen-bond acceptors (Lipinski definition) is 6. The average Bonchev–Trinajstić information content (AvgIpc) is 2.41. The summed E-state index contributed by atoms with van der Waals surface area (Å²) >= 11 is 0. The van der Waals surface area contributed by atoms with Gasteiger partial charge in [-0.3, -0.25) is 4.79 Å². The molecule has 0 fully saturated rings. The van der Waals surface area contributed by atoms with Gasteiger partial charge in [0.2, 0.25) is 0 Å². The predicted molar refractivity (Wildman–Crippen MR) is 70.9 cm³/mol. The van der Waals surface area contributed by atoms with Crippen LogP contribution in [0.5, 0.6) is 11.5 Å². The van der Waals surface area contributed by atoms with Gasteiger partial charge in [0, 0.05) is 0 Å². The highest BCUT2D eigenvalue weighted by Crippen LogP contribution is 2.22. The van der Waals surface area contributed by atoms with E-state index in [4.69, 9.17) is 29.3 Å². The Morgan fingerprint density at radius 2 is 1.63 bits per heavy atom. The van der Waals surface area contributed by atoms with Gasteiger partial charge in [0.05, 0.1) is 7.11 Å². The Bertz CT molecular complexity index is 493. The number of carbonyl (C=O) groups excluding carboxylic acids is 1. The van der Waals surface area contributed by atoms with Gasteiger partial charge in [0.1, 0.15) is 47.2 Å². The summed E-state index contributed by atoms with van der Waals surface area (Å²) in [6, 6.07) is -1.47.